The van der Waals surface area contributed by atoms with E-state index in [1.807, 2.05) is 20.8 Å². The summed E-state index contributed by atoms with van der Waals surface area (Å²) in [5.41, 5.74) is 0. The Kier molecular flexibility index (Phi) is 4.59. The second kappa shape index (κ2) is 4.94. The summed E-state index contributed by atoms with van der Waals surface area (Å²) in [4.78, 5) is 11.1. The lowest BCUT2D eigenvalue weighted by molar-refractivity contribution is -0.151. The summed E-state index contributed by atoms with van der Waals surface area (Å²) in [6.07, 6.45) is 2.40. The summed E-state index contributed by atoms with van der Waals surface area (Å²) >= 11 is 0. The second-order valence-corrected chi connectivity index (χ2v) is 2.91. The van der Waals surface area contributed by atoms with E-state index in [1.165, 1.54) is 0 Å². The van der Waals surface area contributed by atoms with Crippen LogP contribution in [0.15, 0.2) is 12.7 Å². The zero-order valence-corrected chi connectivity index (χ0v) is 7.46. The SMILES string of the molecule is C=CCC(C)C(=O)OC(C)C. The van der Waals surface area contributed by atoms with E-state index in [2.05, 4.69) is 6.58 Å². The van der Waals surface area contributed by atoms with Crippen molar-refractivity contribution in [1.29, 1.82) is 0 Å². The molecule has 0 heterocycles. The number of ether oxygens (including phenoxy) is 1. The first kappa shape index (κ1) is 10.2. The van der Waals surface area contributed by atoms with Gasteiger partial charge in [-0.15, -0.1) is 6.58 Å². The van der Waals surface area contributed by atoms with E-state index in [-0.39, 0.29) is 18.0 Å². The number of hydrogen-bond donors (Lipinski definition) is 0. The molecular weight excluding hydrogens is 140 g/mol. The van der Waals surface area contributed by atoms with E-state index in [9.17, 15) is 4.79 Å². The lowest BCUT2D eigenvalue weighted by atomic mass is 10.1. The zero-order chi connectivity index (χ0) is 8.85. The number of hydrogen-bond acceptors (Lipinski definition) is 2. The van der Waals surface area contributed by atoms with Gasteiger partial charge in [-0.25, -0.2) is 0 Å². The standard InChI is InChI=1S/C9H16O2/c1-5-6-8(4)9(10)11-7(2)3/h5,7-8H,1,6H2,2-4H3. The van der Waals surface area contributed by atoms with Crippen LogP contribution in [0.1, 0.15) is 27.2 Å². The molecule has 0 bridgehead atoms. The monoisotopic (exact) mass is 156 g/mol. The van der Waals surface area contributed by atoms with Crippen LogP contribution in [0.2, 0.25) is 0 Å². The van der Waals surface area contributed by atoms with Crippen molar-refractivity contribution in [2.75, 3.05) is 0 Å². The van der Waals surface area contributed by atoms with Crippen molar-refractivity contribution < 1.29 is 9.53 Å². The zero-order valence-electron chi connectivity index (χ0n) is 7.46. The fraction of sp³-hybridized carbons (Fsp3) is 0.667. The normalized spacial score (nSPS) is 12.7. The van der Waals surface area contributed by atoms with Gasteiger partial charge in [0.25, 0.3) is 0 Å². The van der Waals surface area contributed by atoms with Gasteiger partial charge in [0.15, 0.2) is 0 Å². The Morgan fingerprint density at radius 3 is 2.45 bits per heavy atom. The summed E-state index contributed by atoms with van der Waals surface area (Å²) < 4.78 is 4.98. The summed E-state index contributed by atoms with van der Waals surface area (Å²) in [6, 6.07) is 0. The Morgan fingerprint density at radius 1 is 1.55 bits per heavy atom. The molecule has 0 aliphatic carbocycles. The van der Waals surface area contributed by atoms with Crippen LogP contribution in [0, 0.1) is 5.92 Å². The van der Waals surface area contributed by atoms with E-state index in [1.54, 1.807) is 6.08 Å². The van der Waals surface area contributed by atoms with E-state index in [4.69, 9.17) is 4.74 Å². The van der Waals surface area contributed by atoms with E-state index < -0.39 is 0 Å². The fourth-order valence-corrected chi connectivity index (χ4v) is 0.695. The molecule has 0 fully saturated rings. The largest absolute Gasteiger partial charge is 0.463 e. The first-order valence-electron chi connectivity index (χ1n) is 3.89. The maximum Gasteiger partial charge on any atom is 0.309 e. The molecule has 0 aliphatic rings. The van der Waals surface area contributed by atoms with Crippen LogP contribution in [0.4, 0.5) is 0 Å². The smallest absolute Gasteiger partial charge is 0.309 e. The van der Waals surface area contributed by atoms with Gasteiger partial charge in [0.1, 0.15) is 0 Å². The molecule has 0 aromatic heterocycles. The van der Waals surface area contributed by atoms with Gasteiger partial charge >= 0.3 is 5.97 Å². The Labute approximate surface area is 68.2 Å². The van der Waals surface area contributed by atoms with Crippen molar-refractivity contribution >= 4 is 5.97 Å². The number of carbonyl (C=O) groups excluding carboxylic acids is 1. The third-order valence-electron chi connectivity index (χ3n) is 1.27. The Morgan fingerprint density at radius 2 is 2.09 bits per heavy atom. The third-order valence-corrected chi connectivity index (χ3v) is 1.27. The molecule has 0 aromatic rings. The van der Waals surface area contributed by atoms with Crippen LogP contribution in [0.5, 0.6) is 0 Å². The summed E-state index contributed by atoms with van der Waals surface area (Å²) in [7, 11) is 0. The molecule has 0 saturated carbocycles. The lowest BCUT2D eigenvalue weighted by Gasteiger charge is -2.11. The first-order chi connectivity index (χ1) is 5.07. The van der Waals surface area contributed by atoms with Gasteiger partial charge in [-0.1, -0.05) is 13.0 Å². The molecule has 0 aromatic carbocycles. The molecule has 0 rings (SSSR count). The van der Waals surface area contributed by atoms with E-state index in [0.29, 0.717) is 6.42 Å². The summed E-state index contributed by atoms with van der Waals surface area (Å²) in [5, 5.41) is 0. The van der Waals surface area contributed by atoms with Gasteiger partial charge in [0.05, 0.1) is 12.0 Å². The molecule has 0 N–H and O–H groups in total. The molecular formula is C9H16O2. The van der Waals surface area contributed by atoms with Crippen LogP contribution >= 0.6 is 0 Å². The van der Waals surface area contributed by atoms with Crippen LogP contribution in [0.25, 0.3) is 0 Å². The summed E-state index contributed by atoms with van der Waals surface area (Å²) in [6.45, 7) is 9.09. The van der Waals surface area contributed by atoms with Crippen molar-refractivity contribution in [2.45, 2.75) is 33.3 Å². The highest BCUT2D eigenvalue weighted by Crippen LogP contribution is 2.06. The predicted octanol–water partition coefficient (Wildman–Crippen LogP) is 2.15. The molecule has 2 heteroatoms. The number of carbonyl (C=O) groups is 1. The molecule has 0 aliphatic heterocycles. The average Bonchev–Trinajstić information content (AvgIpc) is 1.86. The molecule has 0 saturated heterocycles. The third kappa shape index (κ3) is 4.59. The molecule has 0 radical (unpaired) electrons. The van der Waals surface area contributed by atoms with Crippen LogP contribution in [0.3, 0.4) is 0 Å². The molecule has 64 valence electrons. The maximum absolute atomic E-state index is 11.1. The molecule has 0 amide bonds. The van der Waals surface area contributed by atoms with Gasteiger partial charge in [-0.2, -0.15) is 0 Å². The van der Waals surface area contributed by atoms with Gasteiger partial charge in [-0.3, -0.25) is 4.79 Å². The van der Waals surface area contributed by atoms with Crippen LogP contribution in [-0.4, -0.2) is 12.1 Å². The number of esters is 1. The van der Waals surface area contributed by atoms with E-state index >= 15 is 0 Å². The van der Waals surface area contributed by atoms with Crippen molar-refractivity contribution in [1.82, 2.24) is 0 Å². The highest BCUT2D eigenvalue weighted by atomic mass is 16.5. The second-order valence-electron chi connectivity index (χ2n) is 2.91. The van der Waals surface area contributed by atoms with Gasteiger partial charge < -0.3 is 4.74 Å². The van der Waals surface area contributed by atoms with Gasteiger partial charge in [0.2, 0.25) is 0 Å². The molecule has 1 unspecified atom stereocenters. The Balaban J connectivity index is 3.72. The average molecular weight is 156 g/mol. The highest BCUT2D eigenvalue weighted by Gasteiger charge is 2.13. The number of allylic oxidation sites excluding steroid dienone is 1. The van der Waals surface area contributed by atoms with Gasteiger partial charge in [0, 0.05) is 0 Å². The molecule has 1 atom stereocenters. The number of rotatable bonds is 4. The lowest BCUT2D eigenvalue weighted by Crippen LogP contribution is -2.18. The van der Waals surface area contributed by atoms with Gasteiger partial charge in [-0.05, 0) is 20.3 Å². The Hall–Kier alpha value is -0.790. The predicted molar refractivity (Wildman–Crippen MR) is 45.2 cm³/mol. The van der Waals surface area contributed by atoms with Crippen LogP contribution in [-0.2, 0) is 9.53 Å². The highest BCUT2D eigenvalue weighted by molar-refractivity contribution is 5.72. The van der Waals surface area contributed by atoms with Crippen LogP contribution < -0.4 is 0 Å². The van der Waals surface area contributed by atoms with E-state index in [0.717, 1.165) is 0 Å². The van der Waals surface area contributed by atoms with Crippen molar-refractivity contribution in [3.8, 4) is 0 Å². The van der Waals surface area contributed by atoms with Crippen molar-refractivity contribution in [3.63, 3.8) is 0 Å². The van der Waals surface area contributed by atoms with Crippen molar-refractivity contribution in [2.24, 2.45) is 5.92 Å². The molecule has 2 nitrogen and oxygen atoms in total. The summed E-state index contributed by atoms with van der Waals surface area (Å²) in [5.74, 6) is -0.199. The molecule has 0 spiro atoms. The minimum atomic E-state index is -0.139. The minimum absolute atomic E-state index is 0.0187. The first-order valence-corrected chi connectivity index (χ1v) is 3.89. The Bertz CT molecular complexity index is 138. The molecule has 11 heavy (non-hydrogen) atoms. The maximum atomic E-state index is 11.1. The topological polar surface area (TPSA) is 26.3 Å². The fourth-order valence-electron chi connectivity index (χ4n) is 0.695. The minimum Gasteiger partial charge on any atom is -0.463 e. The van der Waals surface area contributed by atoms with Crippen molar-refractivity contribution in [3.05, 3.63) is 12.7 Å². The quantitative estimate of drug-likeness (QED) is 0.460.